The molecule has 11 heteroatoms. The van der Waals surface area contributed by atoms with Crippen molar-refractivity contribution < 1.29 is 24.5 Å². The minimum atomic E-state index is -1.79. The molecule has 4 N–H and O–H groups in total. The van der Waals surface area contributed by atoms with Crippen LogP contribution in [0.25, 0.3) is 0 Å². The summed E-state index contributed by atoms with van der Waals surface area (Å²) in [5.41, 5.74) is 1.53. The molecule has 0 radical (unpaired) electrons. The summed E-state index contributed by atoms with van der Waals surface area (Å²) in [5.74, 6) is -0.472. The third-order valence-electron chi connectivity index (χ3n) is 7.95. The maximum absolute atomic E-state index is 14.0. The lowest BCUT2D eigenvalue weighted by molar-refractivity contribution is -0.139. The van der Waals surface area contributed by atoms with Gasteiger partial charge in [-0.05, 0) is 61.7 Å². The van der Waals surface area contributed by atoms with Gasteiger partial charge in [-0.1, -0.05) is 36.4 Å². The number of nitrogens with one attached hydrogen (secondary N) is 2. The Labute approximate surface area is 245 Å². The molecule has 1 saturated heterocycles. The number of ether oxygens (including phenoxy) is 1. The molecule has 2 aliphatic heterocycles. The lowest BCUT2D eigenvalue weighted by atomic mass is 9.83. The number of fused-ring (bicyclic) bond motifs is 1. The van der Waals surface area contributed by atoms with E-state index in [1.54, 1.807) is 41.1 Å². The van der Waals surface area contributed by atoms with Crippen LogP contribution in [0.4, 0.5) is 11.4 Å². The van der Waals surface area contributed by atoms with Crippen molar-refractivity contribution in [2.24, 2.45) is 5.92 Å². The summed E-state index contributed by atoms with van der Waals surface area (Å²) < 4.78 is 7.13. The Morgan fingerprint density at radius 1 is 1.31 bits per heavy atom. The van der Waals surface area contributed by atoms with Gasteiger partial charge in [-0.3, -0.25) is 14.3 Å². The third kappa shape index (κ3) is 6.08. The number of aromatic nitrogens is 3. The van der Waals surface area contributed by atoms with E-state index in [0.717, 1.165) is 30.6 Å². The second-order valence-corrected chi connectivity index (χ2v) is 10.8. The number of amides is 2. The molecule has 3 heterocycles. The Morgan fingerprint density at radius 2 is 2.17 bits per heavy atom. The highest BCUT2D eigenvalue weighted by Gasteiger charge is 2.52. The van der Waals surface area contributed by atoms with E-state index < -0.39 is 17.4 Å². The second kappa shape index (κ2) is 12.8. The maximum atomic E-state index is 14.0. The zero-order valence-corrected chi connectivity index (χ0v) is 24.0. The summed E-state index contributed by atoms with van der Waals surface area (Å²) in [5, 5.41) is 35.4. The Balaban J connectivity index is 1.32. The standard InChI is InChI=1S/C31H38N6O5/c1-21(7-3-4-15-36-20-24(13-16-38)34-35-36)31(41)26-18-25(42-2)11-12-28(26)37(30(31)40)19-22-8-5-9-23(17-22)33-29(39)27-10-6-14-32-27/h3,5,7-9,11-12,17-18,20-21,27,32,38,41H,4,6,10,13-16,19H2,1-2H3,(H,33,39)/b7-3+/t21-,27-,31+/m1/s1. The molecule has 0 aliphatic carbocycles. The first-order valence-corrected chi connectivity index (χ1v) is 14.4. The van der Waals surface area contributed by atoms with Crippen LogP contribution in [0.3, 0.4) is 0 Å². The zero-order valence-electron chi connectivity index (χ0n) is 24.0. The molecule has 2 amide bonds. The van der Waals surface area contributed by atoms with Crippen molar-refractivity contribution in [1.82, 2.24) is 20.3 Å². The Hall–Kier alpha value is -4.06. The smallest absolute Gasteiger partial charge is 0.264 e. The molecule has 42 heavy (non-hydrogen) atoms. The molecular formula is C31H38N6O5. The third-order valence-corrected chi connectivity index (χ3v) is 7.95. The number of hydrogen-bond donors (Lipinski definition) is 4. The van der Waals surface area contributed by atoms with Gasteiger partial charge in [0.1, 0.15) is 5.75 Å². The average molecular weight is 575 g/mol. The lowest BCUT2D eigenvalue weighted by Crippen LogP contribution is -2.44. The van der Waals surface area contributed by atoms with Crippen LogP contribution in [0.5, 0.6) is 5.75 Å². The van der Waals surface area contributed by atoms with Gasteiger partial charge in [0.25, 0.3) is 5.91 Å². The number of aryl methyl sites for hydroxylation is 1. The highest BCUT2D eigenvalue weighted by atomic mass is 16.5. The van der Waals surface area contributed by atoms with Crippen LogP contribution in [0.1, 0.15) is 43.0 Å². The van der Waals surface area contributed by atoms with Crippen molar-refractivity contribution >= 4 is 23.2 Å². The summed E-state index contributed by atoms with van der Waals surface area (Å²) in [4.78, 5) is 28.2. The van der Waals surface area contributed by atoms with Crippen LogP contribution in [0.15, 0.2) is 60.8 Å². The van der Waals surface area contributed by atoms with Gasteiger partial charge in [0.05, 0.1) is 31.1 Å². The second-order valence-electron chi connectivity index (χ2n) is 10.8. The van der Waals surface area contributed by atoms with E-state index in [9.17, 15) is 14.7 Å². The van der Waals surface area contributed by atoms with Gasteiger partial charge in [-0.25, -0.2) is 0 Å². The number of anilines is 2. The summed E-state index contributed by atoms with van der Waals surface area (Å²) >= 11 is 0. The number of nitrogens with zero attached hydrogens (tertiary/aromatic N) is 4. The van der Waals surface area contributed by atoms with Crippen LogP contribution in [0, 0.1) is 5.92 Å². The topological polar surface area (TPSA) is 142 Å². The first-order chi connectivity index (χ1) is 20.3. The molecule has 3 atom stereocenters. The molecule has 5 rings (SSSR count). The van der Waals surface area contributed by atoms with E-state index in [1.165, 1.54) is 0 Å². The Bertz CT molecular complexity index is 1450. The SMILES string of the molecule is COc1ccc2c(c1)[C@@](O)([C@H](C)/C=C/CCn1cc(CCO)nn1)C(=O)N2Cc1cccc(NC(=O)[C@H]2CCCN2)c1. The van der Waals surface area contributed by atoms with Gasteiger partial charge in [0.15, 0.2) is 5.60 Å². The first kappa shape index (κ1) is 29.4. The van der Waals surface area contributed by atoms with E-state index in [-0.39, 0.29) is 25.1 Å². The molecule has 0 saturated carbocycles. The number of benzene rings is 2. The van der Waals surface area contributed by atoms with Crippen molar-refractivity contribution in [3.8, 4) is 5.75 Å². The predicted molar refractivity (Wildman–Crippen MR) is 158 cm³/mol. The van der Waals surface area contributed by atoms with E-state index in [4.69, 9.17) is 9.84 Å². The fourth-order valence-corrected chi connectivity index (χ4v) is 5.60. The van der Waals surface area contributed by atoms with E-state index in [0.29, 0.717) is 42.1 Å². The van der Waals surface area contributed by atoms with E-state index in [1.807, 2.05) is 43.3 Å². The Kier molecular flexibility index (Phi) is 9.00. The van der Waals surface area contributed by atoms with Gasteiger partial charge in [-0.15, -0.1) is 5.10 Å². The van der Waals surface area contributed by atoms with E-state index >= 15 is 0 Å². The van der Waals surface area contributed by atoms with Crippen molar-refractivity contribution in [2.45, 2.75) is 57.3 Å². The quantitative estimate of drug-likeness (QED) is 0.242. The van der Waals surface area contributed by atoms with Crippen molar-refractivity contribution in [2.75, 3.05) is 30.5 Å². The number of aliphatic hydroxyl groups is 2. The normalized spacial score (nSPS) is 20.7. The van der Waals surface area contributed by atoms with E-state index in [2.05, 4.69) is 20.9 Å². The van der Waals surface area contributed by atoms with Gasteiger partial charge in [-0.2, -0.15) is 0 Å². The molecule has 222 valence electrons. The van der Waals surface area contributed by atoms with Gasteiger partial charge in [0, 0.05) is 42.9 Å². The average Bonchev–Trinajstić information content (AvgIpc) is 3.74. The summed E-state index contributed by atoms with van der Waals surface area (Å²) in [6.07, 6.45) is 8.45. The van der Waals surface area contributed by atoms with Gasteiger partial charge >= 0.3 is 0 Å². The number of aliphatic hydroxyl groups excluding tert-OH is 1. The van der Waals surface area contributed by atoms with Crippen LogP contribution in [0.2, 0.25) is 0 Å². The van der Waals surface area contributed by atoms with Crippen molar-refractivity contribution in [1.29, 1.82) is 0 Å². The minimum Gasteiger partial charge on any atom is -0.497 e. The molecule has 0 bridgehead atoms. The number of methoxy groups -OCH3 is 1. The maximum Gasteiger partial charge on any atom is 0.264 e. The highest BCUT2D eigenvalue weighted by molar-refractivity contribution is 6.07. The Morgan fingerprint density at radius 3 is 2.93 bits per heavy atom. The summed E-state index contributed by atoms with van der Waals surface area (Å²) in [6.45, 7) is 3.48. The molecule has 1 aromatic heterocycles. The molecular weight excluding hydrogens is 536 g/mol. The van der Waals surface area contributed by atoms with Gasteiger partial charge < -0.3 is 30.5 Å². The number of rotatable bonds is 12. The van der Waals surface area contributed by atoms with Crippen molar-refractivity contribution in [3.05, 3.63) is 77.6 Å². The fourth-order valence-electron chi connectivity index (χ4n) is 5.60. The van der Waals surface area contributed by atoms with Crippen LogP contribution < -0.4 is 20.3 Å². The number of carbonyl (C=O) groups is 2. The minimum absolute atomic E-state index is 0.0200. The first-order valence-electron chi connectivity index (χ1n) is 14.4. The highest BCUT2D eigenvalue weighted by Crippen LogP contribution is 2.47. The van der Waals surface area contributed by atoms with Crippen LogP contribution in [-0.4, -0.2) is 63.3 Å². The molecule has 11 nitrogen and oxygen atoms in total. The lowest BCUT2D eigenvalue weighted by Gasteiger charge is -2.28. The number of hydrogen-bond acceptors (Lipinski definition) is 8. The largest absolute Gasteiger partial charge is 0.497 e. The molecule has 0 unspecified atom stereocenters. The number of allylic oxidation sites excluding steroid dienone is 1. The molecule has 3 aromatic rings. The van der Waals surface area contributed by atoms with Gasteiger partial charge in [0.2, 0.25) is 5.91 Å². The van der Waals surface area contributed by atoms with Crippen LogP contribution >= 0.6 is 0 Å². The van der Waals surface area contributed by atoms with Crippen LogP contribution in [-0.2, 0) is 34.7 Å². The molecule has 2 aliphatic rings. The molecule has 0 spiro atoms. The summed E-state index contributed by atoms with van der Waals surface area (Å²) in [7, 11) is 1.55. The summed E-state index contributed by atoms with van der Waals surface area (Å²) in [6, 6.07) is 12.5. The fraction of sp³-hybridized carbons (Fsp3) is 0.419. The molecule has 1 fully saturated rings. The number of carbonyl (C=O) groups excluding carboxylic acids is 2. The zero-order chi connectivity index (χ0) is 29.7. The molecule has 2 aromatic carbocycles. The van der Waals surface area contributed by atoms with Crippen molar-refractivity contribution in [3.63, 3.8) is 0 Å². The predicted octanol–water partition coefficient (Wildman–Crippen LogP) is 2.53. The monoisotopic (exact) mass is 574 g/mol.